The van der Waals surface area contributed by atoms with Gasteiger partial charge in [-0.3, -0.25) is 0 Å². The fraction of sp³-hybridized carbons (Fsp3) is 0.583. The van der Waals surface area contributed by atoms with Gasteiger partial charge in [0, 0.05) is 31.2 Å². The standard InChI is InChI=1S/C24H37NO3/c1-21(25-19-24(20-27)14-7-12-23(17-24)18-26)9-5-6-15-28-16-8-13-22-10-3-2-4-11-22/h2-4,7,10-12,14,21,25-27H,5-6,8-9,13,15-20H2,1H3. The first-order chi connectivity index (χ1) is 13.7. The summed E-state index contributed by atoms with van der Waals surface area (Å²) in [5.41, 5.74) is 2.07. The molecule has 0 heterocycles. The second kappa shape index (κ2) is 12.9. The van der Waals surface area contributed by atoms with E-state index in [1.165, 1.54) is 5.56 Å². The summed E-state index contributed by atoms with van der Waals surface area (Å²) >= 11 is 0. The Balaban J connectivity index is 1.50. The van der Waals surface area contributed by atoms with E-state index in [1.807, 2.05) is 12.2 Å². The molecule has 4 nitrogen and oxygen atoms in total. The van der Waals surface area contributed by atoms with E-state index in [4.69, 9.17) is 4.74 Å². The Hall–Kier alpha value is -1.46. The number of benzene rings is 1. The summed E-state index contributed by atoms with van der Waals surface area (Å²) in [5.74, 6) is 0. The summed E-state index contributed by atoms with van der Waals surface area (Å²) < 4.78 is 5.76. The van der Waals surface area contributed by atoms with Crippen molar-refractivity contribution >= 4 is 0 Å². The van der Waals surface area contributed by atoms with Crippen molar-refractivity contribution in [3.05, 3.63) is 59.7 Å². The largest absolute Gasteiger partial charge is 0.395 e. The SMILES string of the molecule is CC(CCCCOCCCc1ccccc1)NCC1(CO)C=CC=C(CO)C1. The van der Waals surface area contributed by atoms with Crippen LogP contribution in [0.2, 0.25) is 0 Å². The molecule has 1 aliphatic carbocycles. The number of nitrogens with one attached hydrogen (secondary N) is 1. The fourth-order valence-corrected chi connectivity index (χ4v) is 3.61. The van der Waals surface area contributed by atoms with Crippen LogP contribution in [0, 0.1) is 5.41 Å². The van der Waals surface area contributed by atoms with Crippen LogP contribution in [0.3, 0.4) is 0 Å². The molecule has 2 rings (SSSR count). The minimum atomic E-state index is -0.289. The molecule has 0 bridgehead atoms. The molecule has 1 aromatic carbocycles. The molecule has 0 fully saturated rings. The van der Waals surface area contributed by atoms with Crippen molar-refractivity contribution in [2.45, 2.75) is 51.5 Å². The highest BCUT2D eigenvalue weighted by molar-refractivity contribution is 5.24. The number of ether oxygens (including phenoxy) is 1. The lowest BCUT2D eigenvalue weighted by Gasteiger charge is -2.33. The lowest BCUT2D eigenvalue weighted by Crippen LogP contribution is -2.41. The first kappa shape index (κ1) is 22.8. The molecule has 28 heavy (non-hydrogen) atoms. The van der Waals surface area contributed by atoms with Crippen molar-refractivity contribution in [3.63, 3.8) is 0 Å². The molecule has 2 atom stereocenters. The molecule has 1 aromatic rings. The highest BCUT2D eigenvalue weighted by Crippen LogP contribution is 2.30. The van der Waals surface area contributed by atoms with Crippen LogP contribution in [0.25, 0.3) is 0 Å². The zero-order chi connectivity index (χ0) is 20.1. The second-order valence-electron chi connectivity index (χ2n) is 8.02. The number of hydrogen-bond acceptors (Lipinski definition) is 4. The van der Waals surface area contributed by atoms with Crippen LogP contribution < -0.4 is 5.32 Å². The van der Waals surface area contributed by atoms with Gasteiger partial charge in [0.25, 0.3) is 0 Å². The average molecular weight is 388 g/mol. The lowest BCUT2D eigenvalue weighted by molar-refractivity contribution is 0.126. The Bertz CT molecular complexity index is 599. The Labute approximate surface area is 170 Å². The topological polar surface area (TPSA) is 61.7 Å². The molecule has 0 saturated heterocycles. The predicted octanol–water partition coefficient (Wildman–Crippen LogP) is 3.64. The van der Waals surface area contributed by atoms with E-state index in [1.54, 1.807) is 0 Å². The van der Waals surface area contributed by atoms with E-state index < -0.39 is 0 Å². The van der Waals surface area contributed by atoms with Gasteiger partial charge >= 0.3 is 0 Å². The van der Waals surface area contributed by atoms with Gasteiger partial charge in [0.05, 0.1) is 13.2 Å². The van der Waals surface area contributed by atoms with Gasteiger partial charge in [-0.25, -0.2) is 0 Å². The summed E-state index contributed by atoms with van der Waals surface area (Å²) in [7, 11) is 0. The molecule has 0 aliphatic heterocycles. The molecule has 0 amide bonds. The molecule has 0 spiro atoms. The van der Waals surface area contributed by atoms with Gasteiger partial charge in [-0.2, -0.15) is 0 Å². The summed E-state index contributed by atoms with van der Waals surface area (Å²) in [6, 6.07) is 11.0. The third kappa shape index (κ3) is 8.27. The van der Waals surface area contributed by atoms with Gasteiger partial charge in [-0.1, -0.05) is 48.6 Å². The third-order valence-corrected chi connectivity index (χ3v) is 5.45. The number of rotatable bonds is 14. The van der Waals surface area contributed by atoms with E-state index >= 15 is 0 Å². The smallest absolute Gasteiger partial charge is 0.0645 e. The first-order valence-electron chi connectivity index (χ1n) is 10.6. The van der Waals surface area contributed by atoms with E-state index in [2.05, 4.69) is 48.6 Å². The zero-order valence-corrected chi connectivity index (χ0v) is 17.3. The second-order valence-corrected chi connectivity index (χ2v) is 8.02. The van der Waals surface area contributed by atoms with E-state index in [9.17, 15) is 10.2 Å². The van der Waals surface area contributed by atoms with Gasteiger partial charge in [0.2, 0.25) is 0 Å². The van der Waals surface area contributed by atoms with Crippen LogP contribution >= 0.6 is 0 Å². The van der Waals surface area contributed by atoms with Crippen molar-refractivity contribution in [1.29, 1.82) is 0 Å². The molecular weight excluding hydrogens is 350 g/mol. The quantitative estimate of drug-likeness (QED) is 0.427. The van der Waals surface area contributed by atoms with Crippen molar-refractivity contribution < 1.29 is 14.9 Å². The van der Waals surface area contributed by atoms with Crippen LogP contribution in [-0.2, 0) is 11.2 Å². The minimum absolute atomic E-state index is 0.0625. The molecule has 0 aromatic heterocycles. The molecular formula is C24H37NO3. The molecule has 2 unspecified atom stereocenters. The van der Waals surface area contributed by atoms with Gasteiger partial charge in [0.1, 0.15) is 0 Å². The summed E-state index contributed by atoms with van der Waals surface area (Å²) in [4.78, 5) is 0. The number of hydrogen-bond donors (Lipinski definition) is 3. The predicted molar refractivity (Wildman–Crippen MR) is 115 cm³/mol. The van der Waals surface area contributed by atoms with Crippen LogP contribution in [-0.4, -0.2) is 49.2 Å². The molecule has 0 saturated carbocycles. The number of aliphatic hydroxyl groups excluding tert-OH is 2. The highest BCUT2D eigenvalue weighted by atomic mass is 16.5. The lowest BCUT2D eigenvalue weighted by atomic mass is 9.79. The van der Waals surface area contributed by atoms with Gasteiger partial charge in [-0.05, 0) is 56.6 Å². The van der Waals surface area contributed by atoms with Crippen LogP contribution in [0.1, 0.15) is 44.6 Å². The van der Waals surface area contributed by atoms with Gasteiger partial charge in [0.15, 0.2) is 0 Å². The zero-order valence-electron chi connectivity index (χ0n) is 17.3. The summed E-state index contributed by atoms with van der Waals surface area (Å²) in [6.45, 7) is 4.74. The minimum Gasteiger partial charge on any atom is -0.395 e. The van der Waals surface area contributed by atoms with Crippen LogP contribution in [0.15, 0.2) is 54.1 Å². The summed E-state index contributed by atoms with van der Waals surface area (Å²) in [6.07, 6.45) is 12.1. The van der Waals surface area contributed by atoms with Crippen LogP contribution in [0.5, 0.6) is 0 Å². The van der Waals surface area contributed by atoms with E-state index in [-0.39, 0.29) is 18.6 Å². The molecule has 156 valence electrons. The first-order valence-corrected chi connectivity index (χ1v) is 10.6. The maximum atomic E-state index is 9.84. The third-order valence-electron chi connectivity index (χ3n) is 5.45. The summed E-state index contributed by atoms with van der Waals surface area (Å²) in [5, 5.41) is 22.8. The maximum Gasteiger partial charge on any atom is 0.0645 e. The van der Waals surface area contributed by atoms with Crippen LogP contribution in [0.4, 0.5) is 0 Å². The Morgan fingerprint density at radius 3 is 2.64 bits per heavy atom. The maximum absolute atomic E-state index is 9.84. The highest BCUT2D eigenvalue weighted by Gasteiger charge is 2.29. The van der Waals surface area contributed by atoms with E-state index in [0.717, 1.165) is 57.4 Å². The normalized spacial score (nSPS) is 20.2. The fourth-order valence-electron chi connectivity index (χ4n) is 3.61. The number of unbranched alkanes of at least 4 members (excludes halogenated alkanes) is 1. The molecule has 1 aliphatic rings. The number of allylic oxidation sites excluding steroid dienone is 2. The van der Waals surface area contributed by atoms with Crippen molar-refractivity contribution in [2.75, 3.05) is 33.0 Å². The van der Waals surface area contributed by atoms with Gasteiger partial charge < -0.3 is 20.3 Å². The average Bonchev–Trinajstić information content (AvgIpc) is 2.75. The Morgan fingerprint density at radius 1 is 1.11 bits per heavy atom. The molecule has 0 radical (unpaired) electrons. The molecule has 4 heteroatoms. The Morgan fingerprint density at radius 2 is 1.89 bits per heavy atom. The van der Waals surface area contributed by atoms with E-state index in [0.29, 0.717) is 12.5 Å². The number of aliphatic hydroxyl groups is 2. The van der Waals surface area contributed by atoms with Crippen molar-refractivity contribution in [2.24, 2.45) is 5.41 Å². The monoisotopic (exact) mass is 387 g/mol. The Kier molecular flexibility index (Phi) is 10.5. The van der Waals surface area contributed by atoms with Crippen molar-refractivity contribution in [1.82, 2.24) is 5.32 Å². The van der Waals surface area contributed by atoms with Crippen molar-refractivity contribution in [3.8, 4) is 0 Å². The molecule has 3 N–H and O–H groups in total. The van der Waals surface area contributed by atoms with Gasteiger partial charge in [-0.15, -0.1) is 0 Å². The number of aryl methyl sites for hydroxylation is 1.